The first-order valence-corrected chi connectivity index (χ1v) is 10.5. The van der Waals surface area contributed by atoms with Crippen LogP contribution in [0.15, 0.2) is 0 Å². The average Bonchev–Trinajstić information content (AvgIpc) is 2.75. The van der Waals surface area contributed by atoms with Crippen LogP contribution in [0.4, 0.5) is 0 Å². The molecule has 0 aliphatic heterocycles. The van der Waals surface area contributed by atoms with Crippen molar-refractivity contribution in [3.8, 4) is 0 Å². The molecule has 4 unspecified atom stereocenters. The minimum Gasteiger partial charge on any atom is -0.481 e. The van der Waals surface area contributed by atoms with Gasteiger partial charge in [-0.25, -0.2) is 4.79 Å². The van der Waals surface area contributed by atoms with E-state index in [2.05, 4.69) is 5.32 Å². The van der Waals surface area contributed by atoms with Gasteiger partial charge in [-0.3, -0.25) is 33.6 Å². The maximum Gasteiger partial charge on any atom is 0.326 e. The summed E-state index contributed by atoms with van der Waals surface area (Å²) >= 11 is 0. The molecule has 4 amide bonds. The van der Waals surface area contributed by atoms with Crippen LogP contribution in [0.5, 0.6) is 0 Å². The highest BCUT2D eigenvalue weighted by atomic mass is 16.4. The molecule has 0 fully saturated rings. The lowest BCUT2D eigenvalue weighted by molar-refractivity contribution is -0.144. The molecule has 0 aliphatic carbocycles. The Balaban J connectivity index is 5.58. The normalized spacial score (nSPS) is 13.8. The summed E-state index contributed by atoms with van der Waals surface area (Å²) in [4.78, 5) is 92.4. The Morgan fingerprint density at radius 3 is 1.50 bits per heavy atom. The fourth-order valence-electron chi connectivity index (χ4n) is 2.70. The van der Waals surface area contributed by atoms with Crippen molar-refractivity contribution in [3.05, 3.63) is 0 Å². The van der Waals surface area contributed by atoms with Crippen LogP contribution in [-0.2, 0) is 38.4 Å². The van der Waals surface area contributed by atoms with Gasteiger partial charge in [-0.2, -0.15) is 0 Å². The van der Waals surface area contributed by atoms with Gasteiger partial charge in [0.05, 0.1) is 12.5 Å². The summed E-state index contributed by atoms with van der Waals surface area (Å²) in [6, 6.07) is -6.46. The summed E-state index contributed by atoms with van der Waals surface area (Å²) in [6.45, 7) is 0. The zero-order valence-electron chi connectivity index (χ0n) is 19.0. The Labute approximate surface area is 203 Å². The number of carboxylic acid groups (broad SMARTS) is 4. The molecule has 0 aromatic heterocycles. The van der Waals surface area contributed by atoms with Gasteiger partial charge in [0.2, 0.25) is 23.6 Å². The van der Waals surface area contributed by atoms with Crippen LogP contribution in [0.1, 0.15) is 44.9 Å². The Hall–Kier alpha value is -4.28. The third-order valence-corrected chi connectivity index (χ3v) is 4.59. The highest BCUT2D eigenvalue weighted by Crippen LogP contribution is 2.05. The number of nitrogens with one attached hydrogen (secondary N) is 3. The lowest BCUT2D eigenvalue weighted by Crippen LogP contribution is -2.57. The molecular weight excluding hydrogens is 490 g/mol. The van der Waals surface area contributed by atoms with E-state index >= 15 is 0 Å². The van der Waals surface area contributed by atoms with Gasteiger partial charge in [-0.05, 0) is 19.3 Å². The fourth-order valence-corrected chi connectivity index (χ4v) is 2.70. The molecule has 0 heterocycles. The Kier molecular flexibility index (Phi) is 13.7. The summed E-state index contributed by atoms with van der Waals surface area (Å²) in [7, 11) is 0. The summed E-state index contributed by atoms with van der Waals surface area (Å²) in [6.07, 6.45) is -3.74. The van der Waals surface area contributed by atoms with Crippen molar-refractivity contribution in [1.29, 1.82) is 0 Å². The number of carboxylic acids is 4. The molecule has 0 radical (unpaired) electrons. The van der Waals surface area contributed by atoms with E-state index in [1.54, 1.807) is 0 Å². The maximum absolute atomic E-state index is 12.7. The van der Waals surface area contributed by atoms with Gasteiger partial charge in [-0.1, -0.05) is 0 Å². The van der Waals surface area contributed by atoms with E-state index in [0.717, 1.165) is 0 Å². The second kappa shape index (κ2) is 15.6. The monoisotopic (exact) mass is 519 g/mol. The minimum absolute atomic E-state index is 0.289. The molecule has 4 atom stereocenters. The molecule has 202 valence electrons. The molecule has 17 heteroatoms. The molecule has 0 saturated heterocycles. The molecule has 17 nitrogen and oxygen atoms in total. The van der Waals surface area contributed by atoms with Gasteiger partial charge in [-0.15, -0.1) is 0 Å². The molecule has 0 aromatic carbocycles. The number of amides is 4. The largest absolute Gasteiger partial charge is 0.481 e. The number of carbonyl (C=O) groups excluding carboxylic acids is 4. The standard InChI is InChI=1S/C19H29N5O12/c20-8(1-5-13(26)27)16(32)22-9(2-4-12(21)25)17(33)24-11(7-15(30)31)18(34)23-10(19(35)36)3-6-14(28)29/h8-11H,1-7,20H2,(H2,21,25)(H,22,32)(H,23,34)(H,24,33)(H,26,27)(H,28,29)(H,30,31)(H,35,36). The SMILES string of the molecule is NC(=O)CCC(NC(=O)C(N)CCC(=O)O)C(=O)NC(CC(=O)O)C(=O)NC(CCC(=O)O)C(=O)O. The Bertz CT molecular complexity index is 877. The molecule has 0 saturated carbocycles. The number of nitrogens with two attached hydrogens (primary N) is 2. The fraction of sp³-hybridized carbons (Fsp3) is 0.579. The van der Waals surface area contributed by atoms with Crippen LogP contribution < -0.4 is 27.4 Å². The van der Waals surface area contributed by atoms with Gasteiger partial charge >= 0.3 is 23.9 Å². The predicted molar refractivity (Wildman–Crippen MR) is 116 cm³/mol. The Morgan fingerprint density at radius 1 is 0.583 bits per heavy atom. The molecular formula is C19H29N5O12. The predicted octanol–water partition coefficient (Wildman–Crippen LogP) is -3.68. The summed E-state index contributed by atoms with van der Waals surface area (Å²) in [5.41, 5.74) is 10.6. The van der Waals surface area contributed by atoms with E-state index in [4.69, 9.17) is 31.9 Å². The van der Waals surface area contributed by atoms with Crippen LogP contribution in [0.2, 0.25) is 0 Å². The second-order valence-electron chi connectivity index (χ2n) is 7.60. The zero-order chi connectivity index (χ0) is 28.0. The molecule has 0 spiro atoms. The molecule has 0 aliphatic rings. The number of hydrogen-bond acceptors (Lipinski definition) is 9. The van der Waals surface area contributed by atoms with Crippen molar-refractivity contribution in [2.45, 2.75) is 69.1 Å². The first-order chi connectivity index (χ1) is 16.6. The van der Waals surface area contributed by atoms with Crippen molar-refractivity contribution in [1.82, 2.24) is 16.0 Å². The molecule has 36 heavy (non-hydrogen) atoms. The van der Waals surface area contributed by atoms with E-state index in [9.17, 15) is 38.4 Å². The number of primary amides is 1. The lowest BCUT2D eigenvalue weighted by atomic mass is 10.1. The van der Waals surface area contributed by atoms with Gasteiger partial charge in [0.25, 0.3) is 0 Å². The van der Waals surface area contributed by atoms with E-state index in [-0.39, 0.29) is 6.42 Å². The lowest BCUT2D eigenvalue weighted by Gasteiger charge is -2.24. The quantitative estimate of drug-likeness (QED) is 0.0843. The first-order valence-electron chi connectivity index (χ1n) is 10.5. The van der Waals surface area contributed by atoms with Gasteiger partial charge in [0, 0.05) is 19.3 Å². The number of hydrogen-bond donors (Lipinski definition) is 9. The zero-order valence-corrected chi connectivity index (χ0v) is 19.0. The second-order valence-corrected chi connectivity index (χ2v) is 7.60. The van der Waals surface area contributed by atoms with E-state index in [0.29, 0.717) is 0 Å². The highest BCUT2D eigenvalue weighted by Gasteiger charge is 2.32. The summed E-state index contributed by atoms with van der Waals surface area (Å²) in [5.74, 6) is -9.99. The average molecular weight is 519 g/mol. The van der Waals surface area contributed by atoms with E-state index in [1.165, 1.54) is 0 Å². The molecule has 0 aromatic rings. The van der Waals surface area contributed by atoms with Crippen molar-refractivity contribution >= 4 is 47.5 Å². The third kappa shape index (κ3) is 13.4. The molecule has 0 rings (SSSR count). The minimum atomic E-state index is -1.85. The van der Waals surface area contributed by atoms with Crippen LogP contribution in [-0.4, -0.2) is 92.1 Å². The number of rotatable bonds is 18. The van der Waals surface area contributed by atoms with Crippen LogP contribution >= 0.6 is 0 Å². The molecule has 0 bridgehead atoms. The van der Waals surface area contributed by atoms with Crippen LogP contribution in [0, 0.1) is 0 Å². The topological polar surface area (TPSA) is 306 Å². The Morgan fingerprint density at radius 2 is 1.03 bits per heavy atom. The number of carbonyl (C=O) groups is 8. The van der Waals surface area contributed by atoms with E-state index < -0.39 is 110 Å². The smallest absolute Gasteiger partial charge is 0.326 e. The molecule has 11 N–H and O–H groups in total. The van der Waals surface area contributed by atoms with Crippen molar-refractivity contribution < 1.29 is 58.8 Å². The van der Waals surface area contributed by atoms with Gasteiger partial charge in [0.1, 0.15) is 18.1 Å². The van der Waals surface area contributed by atoms with Crippen molar-refractivity contribution in [3.63, 3.8) is 0 Å². The van der Waals surface area contributed by atoms with E-state index in [1.807, 2.05) is 10.6 Å². The van der Waals surface area contributed by atoms with Crippen LogP contribution in [0.25, 0.3) is 0 Å². The van der Waals surface area contributed by atoms with Gasteiger partial charge < -0.3 is 47.8 Å². The maximum atomic E-state index is 12.7. The van der Waals surface area contributed by atoms with Crippen molar-refractivity contribution in [2.24, 2.45) is 11.5 Å². The van der Waals surface area contributed by atoms with Crippen molar-refractivity contribution in [2.75, 3.05) is 0 Å². The summed E-state index contributed by atoms with van der Waals surface area (Å²) < 4.78 is 0. The third-order valence-electron chi connectivity index (χ3n) is 4.59. The van der Waals surface area contributed by atoms with Crippen LogP contribution in [0.3, 0.4) is 0 Å². The summed E-state index contributed by atoms with van der Waals surface area (Å²) in [5, 5.41) is 41.8. The number of aliphatic carboxylic acids is 4. The highest BCUT2D eigenvalue weighted by molar-refractivity contribution is 5.96. The van der Waals surface area contributed by atoms with Gasteiger partial charge in [0.15, 0.2) is 0 Å². The first kappa shape index (κ1) is 31.7.